The molecular weight excluding hydrogens is 396 g/mol. The first-order chi connectivity index (χ1) is 15.0. The molecule has 2 aliphatic rings. The number of benzene rings is 1. The third kappa shape index (κ3) is 4.55. The van der Waals surface area contributed by atoms with Crippen LogP contribution >= 0.6 is 0 Å². The van der Waals surface area contributed by atoms with Gasteiger partial charge in [-0.05, 0) is 48.6 Å². The van der Waals surface area contributed by atoms with Crippen LogP contribution in [0, 0.1) is 5.92 Å². The van der Waals surface area contributed by atoms with Gasteiger partial charge in [-0.15, -0.1) is 0 Å². The minimum absolute atomic E-state index is 0.0623. The van der Waals surface area contributed by atoms with E-state index in [2.05, 4.69) is 22.8 Å². The van der Waals surface area contributed by atoms with Gasteiger partial charge in [0.05, 0.1) is 6.26 Å². The molecule has 1 aromatic carbocycles. The average molecular weight is 427 g/mol. The van der Waals surface area contributed by atoms with Crippen molar-refractivity contribution < 1.29 is 23.5 Å². The zero-order chi connectivity index (χ0) is 21.8. The second-order valence-corrected chi connectivity index (χ2v) is 8.74. The smallest absolute Gasteiger partial charge is 0.287 e. The summed E-state index contributed by atoms with van der Waals surface area (Å²) >= 11 is 0. The first kappa shape index (κ1) is 21.3. The van der Waals surface area contributed by atoms with Crippen LogP contribution in [0.15, 0.2) is 41.0 Å². The van der Waals surface area contributed by atoms with Gasteiger partial charge >= 0.3 is 0 Å². The molecule has 1 unspecified atom stereocenters. The van der Waals surface area contributed by atoms with Crippen LogP contribution in [0.4, 0.5) is 0 Å². The van der Waals surface area contributed by atoms with E-state index >= 15 is 0 Å². The summed E-state index contributed by atoms with van der Waals surface area (Å²) in [7, 11) is 0. The van der Waals surface area contributed by atoms with E-state index in [1.807, 2.05) is 19.9 Å². The van der Waals surface area contributed by atoms with Gasteiger partial charge in [0.1, 0.15) is 19.3 Å². The van der Waals surface area contributed by atoms with Crippen molar-refractivity contribution >= 4 is 11.8 Å². The van der Waals surface area contributed by atoms with Crippen molar-refractivity contribution in [1.29, 1.82) is 0 Å². The summed E-state index contributed by atoms with van der Waals surface area (Å²) in [4.78, 5) is 25.4. The van der Waals surface area contributed by atoms with Crippen LogP contribution in [0.3, 0.4) is 0 Å². The minimum Gasteiger partial charge on any atom is -0.486 e. The summed E-state index contributed by atoms with van der Waals surface area (Å²) in [6.45, 7) is 5.46. The van der Waals surface area contributed by atoms with E-state index in [0.29, 0.717) is 19.8 Å². The number of furan rings is 1. The molecule has 166 valence electrons. The Balaban J connectivity index is 1.47. The maximum atomic E-state index is 13.1. The standard InChI is InChI=1S/C24H30N2O5/c1-16(2)21(26-22(27)19-6-5-11-29-19)23(28)25-15-24(9-3-4-10-24)17-7-8-18-20(14-17)31-13-12-30-18/h5-8,11,14,16,21H,3-4,9-10,12-13,15H2,1-2H3,(H,25,28)(H,26,27). The zero-order valence-electron chi connectivity index (χ0n) is 18.1. The van der Waals surface area contributed by atoms with Gasteiger partial charge < -0.3 is 24.5 Å². The van der Waals surface area contributed by atoms with Gasteiger partial charge in [-0.25, -0.2) is 0 Å². The fraction of sp³-hybridized carbons (Fsp3) is 0.500. The van der Waals surface area contributed by atoms with Crippen LogP contribution in [-0.4, -0.2) is 37.6 Å². The molecule has 7 heteroatoms. The maximum Gasteiger partial charge on any atom is 0.287 e. The number of fused-ring (bicyclic) bond motifs is 1. The molecule has 2 N–H and O–H groups in total. The molecule has 2 heterocycles. The van der Waals surface area contributed by atoms with Gasteiger partial charge in [0.15, 0.2) is 17.3 Å². The van der Waals surface area contributed by atoms with Crippen LogP contribution in [0.1, 0.15) is 55.6 Å². The molecule has 0 saturated heterocycles. The lowest BCUT2D eigenvalue weighted by Gasteiger charge is -2.32. The molecule has 0 spiro atoms. The number of hydrogen-bond donors (Lipinski definition) is 2. The second kappa shape index (κ2) is 9.04. The van der Waals surface area contributed by atoms with Gasteiger partial charge in [-0.2, -0.15) is 0 Å². The minimum atomic E-state index is -0.642. The van der Waals surface area contributed by atoms with Crippen LogP contribution in [0.2, 0.25) is 0 Å². The molecule has 1 fully saturated rings. The quantitative estimate of drug-likeness (QED) is 0.708. The summed E-state index contributed by atoms with van der Waals surface area (Å²) in [6.07, 6.45) is 5.67. The molecule has 1 atom stereocenters. The Bertz CT molecular complexity index is 916. The Kier molecular flexibility index (Phi) is 6.20. The Morgan fingerprint density at radius 2 is 1.81 bits per heavy atom. The lowest BCUT2D eigenvalue weighted by Crippen LogP contribution is -2.52. The highest BCUT2D eigenvalue weighted by Crippen LogP contribution is 2.43. The van der Waals surface area contributed by atoms with Crippen molar-refractivity contribution in [1.82, 2.24) is 10.6 Å². The lowest BCUT2D eigenvalue weighted by molar-refractivity contribution is -0.124. The molecule has 1 aliphatic carbocycles. The predicted molar refractivity (Wildman–Crippen MR) is 115 cm³/mol. The molecule has 1 aliphatic heterocycles. The fourth-order valence-electron chi connectivity index (χ4n) is 4.51. The van der Waals surface area contributed by atoms with E-state index in [0.717, 1.165) is 42.7 Å². The Labute approximate surface area is 182 Å². The molecule has 1 saturated carbocycles. The molecule has 7 nitrogen and oxygen atoms in total. The van der Waals surface area contributed by atoms with Crippen molar-refractivity contribution in [3.05, 3.63) is 47.9 Å². The first-order valence-corrected chi connectivity index (χ1v) is 11.0. The van der Waals surface area contributed by atoms with E-state index in [9.17, 15) is 9.59 Å². The van der Waals surface area contributed by atoms with Gasteiger partial charge in [0.25, 0.3) is 5.91 Å². The molecule has 0 radical (unpaired) electrons. The molecule has 2 amide bonds. The first-order valence-electron chi connectivity index (χ1n) is 11.0. The third-order valence-corrected chi connectivity index (χ3v) is 6.30. The lowest BCUT2D eigenvalue weighted by atomic mass is 9.78. The molecule has 31 heavy (non-hydrogen) atoms. The summed E-state index contributed by atoms with van der Waals surface area (Å²) in [5.74, 6) is 1.11. The summed E-state index contributed by atoms with van der Waals surface area (Å²) in [5.41, 5.74) is 1.02. The van der Waals surface area contributed by atoms with Crippen molar-refractivity contribution in [3.8, 4) is 11.5 Å². The van der Waals surface area contributed by atoms with E-state index in [-0.39, 0.29) is 28.9 Å². The zero-order valence-corrected chi connectivity index (χ0v) is 18.1. The van der Waals surface area contributed by atoms with Gasteiger partial charge in [0, 0.05) is 12.0 Å². The summed E-state index contributed by atoms with van der Waals surface area (Å²) in [5, 5.41) is 5.93. The van der Waals surface area contributed by atoms with Gasteiger partial charge in [-0.3, -0.25) is 9.59 Å². The number of carbonyl (C=O) groups is 2. The van der Waals surface area contributed by atoms with Crippen LogP contribution in [-0.2, 0) is 10.2 Å². The van der Waals surface area contributed by atoms with Gasteiger partial charge in [-0.1, -0.05) is 32.8 Å². The number of ether oxygens (including phenoxy) is 2. The van der Waals surface area contributed by atoms with E-state index in [1.54, 1.807) is 12.1 Å². The van der Waals surface area contributed by atoms with Gasteiger partial charge in [0.2, 0.25) is 5.91 Å². The Morgan fingerprint density at radius 3 is 2.48 bits per heavy atom. The normalized spacial score (nSPS) is 17.9. The highest BCUT2D eigenvalue weighted by molar-refractivity contribution is 5.95. The molecule has 1 aromatic heterocycles. The van der Waals surface area contributed by atoms with Crippen molar-refractivity contribution in [2.24, 2.45) is 5.92 Å². The van der Waals surface area contributed by atoms with Crippen LogP contribution in [0.5, 0.6) is 11.5 Å². The fourth-order valence-corrected chi connectivity index (χ4v) is 4.51. The number of nitrogens with one attached hydrogen (secondary N) is 2. The van der Waals surface area contributed by atoms with E-state index < -0.39 is 6.04 Å². The SMILES string of the molecule is CC(C)C(NC(=O)c1ccco1)C(=O)NCC1(c2ccc3c(c2)OCCO3)CCCC1. The molecule has 0 bridgehead atoms. The summed E-state index contributed by atoms with van der Waals surface area (Å²) in [6, 6.07) is 8.70. The number of hydrogen-bond acceptors (Lipinski definition) is 5. The molecule has 4 rings (SSSR count). The number of carbonyl (C=O) groups excluding carboxylic acids is 2. The second-order valence-electron chi connectivity index (χ2n) is 8.74. The summed E-state index contributed by atoms with van der Waals surface area (Å²) < 4.78 is 16.6. The number of rotatable bonds is 7. The molecular formula is C24H30N2O5. The van der Waals surface area contributed by atoms with Crippen LogP contribution in [0.25, 0.3) is 0 Å². The Morgan fingerprint density at radius 1 is 1.06 bits per heavy atom. The number of amides is 2. The average Bonchev–Trinajstić information content (AvgIpc) is 3.48. The monoisotopic (exact) mass is 426 g/mol. The predicted octanol–water partition coefficient (Wildman–Crippen LogP) is 3.43. The van der Waals surface area contributed by atoms with Crippen molar-refractivity contribution in [2.45, 2.75) is 51.0 Å². The Hall–Kier alpha value is -2.96. The maximum absolute atomic E-state index is 13.1. The van der Waals surface area contributed by atoms with E-state index in [4.69, 9.17) is 13.9 Å². The highest BCUT2D eigenvalue weighted by Gasteiger charge is 2.38. The molecule has 2 aromatic rings. The largest absolute Gasteiger partial charge is 0.486 e. The topological polar surface area (TPSA) is 89.8 Å². The van der Waals surface area contributed by atoms with Crippen molar-refractivity contribution in [3.63, 3.8) is 0 Å². The van der Waals surface area contributed by atoms with Crippen molar-refractivity contribution in [2.75, 3.05) is 19.8 Å². The van der Waals surface area contributed by atoms with E-state index in [1.165, 1.54) is 6.26 Å². The highest BCUT2D eigenvalue weighted by atomic mass is 16.6. The third-order valence-electron chi connectivity index (χ3n) is 6.30. The van der Waals surface area contributed by atoms with Crippen LogP contribution < -0.4 is 20.1 Å².